The predicted molar refractivity (Wildman–Crippen MR) is 65.5 cm³/mol. The van der Waals surface area contributed by atoms with Gasteiger partial charge in [0.1, 0.15) is 5.75 Å². The summed E-state index contributed by atoms with van der Waals surface area (Å²) in [4.78, 5) is 34.7. The summed E-state index contributed by atoms with van der Waals surface area (Å²) in [5.41, 5.74) is 1.44. The van der Waals surface area contributed by atoms with Crippen LogP contribution in [0.1, 0.15) is 15.9 Å². The minimum Gasteiger partial charge on any atom is -0.497 e. The van der Waals surface area contributed by atoms with E-state index in [4.69, 9.17) is 4.74 Å². The van der Waals surface area contributed by atoms with E-state index in [0.29, 0.717) is 17.9 Å². The zero-order valence-electron chi connectivity index (χ0n) is 10.3. The number of rotatable bonds is 4. The number of nitrogens with zero attached hydrogens (tertiary/aromatic N) is 1. The normalized spacial score (nSPS) is 12.9. The number of amides is 4. The van der Waals surface area contributed by atoms with Crippen molar-refractivity contribution in [1.82, 2.24) is 15.5 Å². The molecule has 1 heterocycles. The van der Waals surface area contributed by atoms with E-state index in [-0.39, 0.29) is 19.0 Å². The second-order valence-corrected chi connectivity index (χ2v) is 3.95. The molecule has 2 rings (SSSR count). The molecule has 0 saturated carbocycles. The minimum absolute atomic E-state index is 0.0372. The molecule has 0 aliphatic carbocycles. The standard InChI is InChI=1S/C12H13N3O4/c1-19-9-3-2-8-5-15(11(17)10(8)4-9)6-13-12(18)14-7-16/h2-4,7H,5-6H2,1H3,(H2,13,14,16,18). The molecule has 2 N–H and O–H groups in total. The largest absolute Gasteiger partial charge is 0.497 e. The molecule has 1 aliphatic heterocycles. The van der Waals surface area contributed by atoms with Gasteiger partial charge in [-0.2, -0.15) is 0 Å². The summed E-state index contributed by atoms with van der Waals surface area (Å²) < 4.78 is 5.06. The minimum atomic E-state index is -0.642. The molecule has 0 unspecified atom stereocenters. The zero-order valence-corrected chi connectivity index (χ0v) is 10.3. The molecule has 0 bridgehead atoms. The number of carbonyl (C=O) groups excluding carboxylic acids is 3. The number of carbonyl (C=O) groups is 3. The van der Waals surface area contributed by atoms with Crippen molar-refractivity contribution in [3.05, 3.63) is 29.3 Å². The molecule has 1 aliphatic rings. The molecule has 7 nitrogen and oxygen atoms in total. The maximum absolute atomic E-state index is 12.1. The fourth-order valence-corrected chi connectivity index (χ4v) is 1.87. The molecule has 7 heteroatoms. The number of nitrogens with one attached hydrogen (secondary N) is 2. The number of hydrogen-bond acceptors (Lipinski definition) is 4. The first kappa shape index (κ1) is 12.9. The van der Waals surface area contributed by atoms with Gasteiger partial charge in [-0.25, -0.2) is 4.79 Å². The first-order chi connectivity index (χ1) is 9.15. The SMILES string of the molecule is COc1ccc2c(c1)C(=O)N(CNC(=O)NC=O)C2. The molecule has 4 amide bonds. The van der Waals surface area contributed by atoms with Crippen LogP contribution in [0.15, 0.2) is 18.2 Å². The van der Waals surface area contributed by atoms with Gasteiger partial charge >= 0.3 is 6.03 Å². The maximum Gasteiger partial charge on any atom is 0.322 e. The molecule has 0 radical (unpaired) electrons. The van der Waals surface area contributed by atoms with E-state index in [0.717, 1.165) is 5.56 Å². The maximum atomic E-state index is 12.1. The number of fused-ring (bicyclic) bond motifs is 1. The van der Waals surface area contributed by atoms with Crippen LogP contribution in [0.25, 0.3) is 0 Å². The average Bonchev–Trinajstić information content (AvgIpc) is 2.73. The van der Waals surface area contributed by atoms with Gasteiger partial charge in [-0.1, -0.05) is 6.07 Å². The van der Waals surface area contributed by atoms with E-state index in [9.17, 15) is 14.4 Å². The summed E-state index contributed by atoms with van der Waals surface area (Å²) >= 11 is 0. The van der Waals surface area contributed by atoms with Crippen molar-refractivity contribution in [1.29, 1.82) is 0 Å². The van der Waals surface area contributed by atoms with E-state index in [1.807, 2.05) is 11.4 Å². The van der Waals surface area contributed by atoms with Gasteiger partial charge in [0.2, 0.25) is 6.41 Å². The Kier molecular flexibility index (Phi) is 3.65. The summed E-state index contributed by atoms with van der Waals surface area (Å²) in [5.74, 6) is 0.431. The van der Waals surface area contributed by atoms with Gasteiger partial charge in [-0.05, 0) is 17.7 Å². The van der Waals surface area contributed by atoms with Crippen molar-refractivity contribution in [3.8, 4) is 5.75 Å². The summed E-state index contributed by atoms with van der Waals surface area (Å²) in [6, 6.07) is 4.62. The molecule has 0 fully saturated rings. The van der Waals surface area contributed by atoms with E-state index >= 15 is 0 Å². The Morgan fingerprint density at radius 1 is 1.53 bits per heavy atom. The van der Waals surface area contributed by atoms with Crippen LogP contribution in [0.4, 0.5) is 4.79 Å². The van der Waals surface area contributed by atoms with Crippen molar-refractivity contribution in [2.75, 3.05) is 13.8 Å². The van der Waals surface area contributed by atoms with Crippen molar-refractivity contribution >= 4 is 18.3 Å². The third kappa shape index (κ3) is 2.65. The lowest BCUT2D eigenvalue weighted by atomic mass is 10.1. The topological polar surface area (TPSA) is 87.7 Å². The highest BCUT2D eigenvalue weighted by Crippen LogP contribution is 2.25. The van der Waals surface area contributed by atoms with Crippen LogP contribution >= 0.6 is 0 Å². The molecule has 19 heavy (non-hydrogen) atoms. The highest BCUT2D eigenvalue weighted by atomic mass is 16.5. The lowest BCUT2D eigenvalue weighted by Crippen LogP contribution is -2.42. The fourth-order valence-electron chi connectivity index (χ4n) is 1.87. The van der Waals surface area contributed by atoms with Crippen LogP contribution in [-0.2, 0) is 11.3 Å². The number of benzene rings is 1. The van der Waals surface area contributed by atoms with E-state index in [1.54, 1.807) is 12.1 Å². The Hall–Kier alpha value is -2.57. The quantitative estimate of drug-likeness (QED) is 0.752. The lowest BCUT2D eigenvalue weighted by molar-refractivity contribution is -0.108. The number of ether oxygens (including phenoxy) is 1. The predicted octanol–water partition coefficient (Wildman–Crippen LogP) is 0.0641. The van der Waals surface area contributed by atoms with Crippen LogP contribution in [-0.4, -0.2) is 37.0 Å². The van der Waals surface area contributed by atoms with Crippen LogP contribution < -0.4 is 15.4 Å². The van der Waals surface area contributed by atoms with Crippen LogP contribution in [0.3, 0.4) is 0 Å². The molecular formula is C12H13N3O4. The van der Waals surface area contributed by atoms with E-state index in [2.05, 4.69) is 5.32 Å². The molecule has 0 atom stereocenters. The Balaban J connectivity index is 2.02. The highest BCUT2D eigenvalue weighted by Gasteiger charge is 2.27. The Morgan fingerprint density at radius 3 is 3.00 bits per heavy atom. The number of imide groups is 1. The lowest BCUT2D eigenvalue weighted by Gasteiger charge is -2.15. The third-order valence-electron chi connectivity index (χ3n) is 2.82. The summed E-state index contributed by atoms with van der Waals surface area (Å²) in [5, 5.41) is 4.35. The summed E-state index contributed by atoms with van der Waals surface area (Å²) in [6.45, 7) is 0.453. The van der Waals surface area contributed by atoms with Crippen molar-refractivity contribution in [3.63, 3.8) is 0 Å². The molecule has 1 aromatic carbocycles. The van der Waals surface area contributed by atoms with Gasteiger partial charge in [-0.15, -0.1) is 0 Å². The Labute approximate surface area is 109 Å². The van der Waals surface area contributed by atoms with Crippen molar-refractivity contribution in [2.24, 2.45) is 0 Å². The number of urea groups is 1. The van der Waals surface area contributed by atoms with Crippen LogP contribution in [0, 0.1) is 0 Å². The van der Waals surface area contributed by atoms with Crippen LogP contribution in [0.2, 0.25) is 0 Å². The van der Waals surface area contributed by atoms with Gasteiger partial charge in [-0.3, -0.25) is 14.9 Å². The zero-order chi connectivity index (χ0) is 13.8. The summed E-state index contributed by atoms with van der Waals surface area (Å²) in [7, 11) is 1.53. The van der Waals surface area contributed by atoms with Gasteiger partial charge in [0, 0.05) is 12.1 Å². The summed E-state index contributed by atoms with van der Waals surface area (Å²) in [6.07, 6.45) is 0.279. The Bertz CT molecular complexity index is 530. The second-order valence-electron chi connectivity index (χ2n) is 3.95. The fraction of sp³-hybridized carbons (Fsp3) is 0.250. The van der Waals surface area contributed by atoms with E-state index < -0.39 is 6.03 Å². The van der Waals surface area contributed by atoms with Gasteiger partial charge < -0.3 is 15.0 Å². The first-order valence-corrected chi connectivity index (χ1v) is 5.60. The molecule has 0 spiro atoms. The van der Waals surface area contributed by atoms with Crippen molar-refractivity contribution in [2.45, 2.75) is 6.54 Å². The number of hydrogen-bond donors (Lipinski definition) is 2. The number of methoxy groups -OCH3 is 1. The molecule has 0 saturated heterocycles. The molecule has 0 aromatic heterocycles. The average molecular weight is 263 g/mol. The van der Waals surface area contributed by atoms with E-state index in [1.165, 1.54) is 12.0 Å². The second kappa shape index (κ2) is 5.38. The van der Waals surface area contributed by atoms with Crippen molar-refractivity contribution < 1.29 is 19.1 Å². The van der Waals surface area contributed by atoms with Crippen LogP contribution in [0.5, 0.6) is 5.75 Å². The first-order valence-electron chi connectivity index (χ1n) is 5.60. The molecular weight excluding hydrogens is 250 g/mol. The Morgan fingerprint density at radius 2 is 2.32 bits per heavy atom. The monoisotopic (exact) mass is 263 g/mol. The van der Waals surface area contributed by atoms with Gasteiger partial charge in [0.25, 0.3) is 5.91 Å². The van der Waals surface area contributed by atoms with Gasteiger partial charge in [0.05, 0.1) is 13.8 Å². The highest BCUT2D eigenvalue weighted by molar-refractivity contribution is 5.99. The smallest absolute Gasteiger partial charge is 0.322 e. The van der Waals surface area contributed by atoms with Gasteiger partial charge in [0.15, 0.2) is 0 Å². The molecule has 100 valence electrons. The molecule has 1 aromatic rings. The third-order valence-corrected chi connectivity index (χ3v) is 2.82.